The highest BCUT2D eigenvalue weighted by Crippen LogP contribution is 2.40. The van der Waals surface area contributed by atoms with E-state index in [2.05, 4.69) is 20.5 Å². The summed E-state index contributed by atoms with van der Waals surface area (Å²) in [6.45, 7) is 0. The Labute approximate surface area is 283 Å². The van der Waals surface area contributed by atoms with E-state index in [9.17, 15) is 25.9 Å². The average molecular weight is 722 g/mol. The van der Waals surface area contributed by atoms with Crippen LogP contribution in [0, 0.1) is 0 Å². The molecule has 0 heterocycles. The standard InChI is InChI=1S/C32H22Cl2N6O6S2/c33-23-13-17(9-11-25(23)37-39-27-15-29(47(41,42)43)31(35)21-7-3-1-5-19(21)27)18-10-12-26(24(34)14-18)38-40-28-16-30(48(44,45)46)32(36)22-8-4-2-6-20(22)28/h1-16H,35-36H2,(H,41,42,43)(H,44,45,46). The molecule has 6 rings (SSSR count). The molecule has 6 aromatic carbocycles. The van der Waals surface area contributed by atoms with E-state index in [1.807, 2.05) is 0 Å². The normalized spacial score (nSPS) is 12.5. The van der Waals surface area contributed by atoms with Gasteiger partial charge >= 0.3 is 0 Å². The van der Waals surface area contributed by atoms with Crippen LogP contribution in [0.15, 0.2) is 127 Å². The van der Waals surface area contributed by atoms with Crippen LogP contribution < -0.4 is 11.5 Å². The second-order valence-corrected chi connectivity index (χ2v) is 14.0. The van der Waals surface area contributed by atoms with E-state index in [4.69, 9.17) is 34.7 Å². The van der Waals surface area contributed by atoms with Gasteiger partial charge in [0.25, 0.3) is 20.2 Å². The van der Waals surface area contributed by atoms with E-state index in [-0.39, 0.29) is 44.2 Å². The van der Waals surface area contributed by atoms with Gasteiger partial charge in [0.2, 0.25) is 0 Å². The van der Waals surface area contributed by atoms with Crippen LogP contribution in [0.25, 0.3) is 32.7 Å². The molecule has 0 aliphatic rings. The number of rotatable bonds is 7. The molecule has 0 atom stereocenters. The number of nitrogen functional groups attached to an aromatic ring is 2. The molecule has 0 aromatic heterocycles. The lowest BCUT2D eigenvalue weighted by molar-refractivity contribution is 0.481. The summed E-state index contributed by atoms with van der Waals surface area (Å²) < 4.78 is 67.1. The van der Waals surface area contributed by atoms with Crippen molar-refractivity contribution in [1.82, 2.24) is 0 Å². The Balaban J connectivity index is 1.29. The van der Waals surface area contributed by atoms with Gasteiger partial charge in [-0.05, 0) is 47.5 Å². The fraction of sp³-hybridized carbons (Fsp3) is 0. The van der Waals surface area contributed by atoms with Gasteiger partial charge in [0.15, 0.2) is 0 Å². The molecule has 0 spiro atoms. The number of benzene rings is 6. The number of hydrogen-bond donors (Lipinski definition) is 4. The second-order valence-electron chi connectivity index (χ2n) is 10.4. The molecule has 0 saturated heterocycles. The minimum atomic E-state index is -4.63. The van der Waals surface area contributed by atoms with E-state index in [0.717, 1.165) is 12.1 Å². The summed E-state index contributed by atoms with van der Waals surface area (Å²) >= 11 is 13.1. The van der Waals surface area contributed by atoms with Crippen molar-refractivity contribution in [3.63, 3.8) is 0 Å². The fourth-order valence-electron chi connectivity index (χ4n) is 5.05. The fourth-order valence-corrected chi connectivity index (χ4v) is 6.78. The summed E-state index contributed by atoms with van der Waals surface area (Å²) in [6, 6.07) is 25.7. The SMILES string of the molecule is Nc1c(S(=O)(=O)O)cc(N=Nc2ccc(-c3ccc(N=Nc4cc(S(=O)(=O)O)c(N)c5ccccc45)c(Cl)c3)cc2Cl)c2ccccc12. The summed E-state index contributed by atoms with van der Waals surface area (Å²) in [5.74, 6) is 0. The molecular formula is C32H22Cl2N6O6S2. The third-order valence-corrected chi connectivity index (χ3v) is 9.76. The zero-order valence-electron chi connectivity index (χ0n) is 24.3. The first kappa shape index (κ1) is 33.0. The van der Waals surface area contributed by atoms with E-state index >= 15 is 0 Å². The summed E-state index contributed by atoms with van der Waals surface area (Å²) in [7, 11) is -9.26. The van der Waals surface area contributed by atoms with Crippen LogP contribution in [0.4, 0.5) is 34.1 Å². The molecule has 48 heavy (non-hydrogen) atoms. The van der Waals surface area contributed by atoms with Gasteiger partial charge in [0.1, 0.15) is 21.2 Å². The summed E-state index contributed by atoms with van der Waals surface area (Å²) in [5.41, 5.74) is 14.0. The first-order chi connectivity index (χ1) is 22.7. The van der Waals surface area contributed by atoms with Gasteiger partial charge in [0, 0.05) is 21.5 Å². The predicted molar refractivity (Wildman–Crippen MR) is 187 cm³/mol. The minimum Gasteiger partial charge on any atom is -0.397 e. The topological polar surface area (TPSA) is 210 Å². The van der Waals surface area contributed by atoms with Crippen molar-refractivity contribution in [2.45, 2.75) is 9.79 Å². The molecule has 0 aliphatic carbocycles. The number of halogens is 2. The van der Waals surface area contributed by atoms with Crippen LogP contribution in [-0.2, 0) is 20.2 Å². The molecule has 6 aromatic rings. The molecule has 0 fully saturated rings. The number of fused-ring (bicyclic) bond motifs is 2. The first-order valence-corrected chi connectivity index (χ1v) is 17.4. The Kier molecular flexibility index (Phi) is 8.63. The van der Waals surface area contributed by atoms with Crippen LogP contribution >= 0.6 is 23.2 Å². The number of nitrogens with zero attached hydrogens (tertiary/aromatic N) is 4. The highest BCUT2D eigenvalue weighted by molar-refractivity contribution is 7.86. The molecule has 0 bridgehead atoms. The van der Waals surface area contributed by atoms with Crippen molar-refractivity contribution in [3.05, 3.63) is 107 Å². The van der Waals surface area contributed by atoms with Crippen LogP contribution in [0.5, 0.6) is 0 Å². The molecule has 16 heteroatoms. The van der Waals surface area contributed by atoms with Crippen molar-refractivity contribution in [2.24, 2.45) is 20.5 Å². The highest BCUT2D eigenvalue weighted by Gasteiger charge is 2.20. The van der Waals surface area contributed by atoms with Crippen molar-refractivity contribution in [3.8, 4) is 11.1 Å². The van der Waals surface area contributed by atoms with E-state index in [1.165, 1.54) is 0 Å². The van der Waals surface area contributed by atoms with Crippen LogP contribution in [0.2, 0.25) is 10.0 Å². The largest absolute Gasteiger partial charge is 0.397 e. The van der Waals surface area contributed by atoms with E-state index in [0.29, 0.717) is 32.7 Å². The van der Waals surface area contributed by atoms with Gasteiger partial charge in [-0.1, -0.05) is 83.9 Å². The molecule has 0 saturated carbocycles. The maximum atomic E-state index is 11.9. The van der Waals surface area contributed by atoms with Crippen LogP contribution in [0.3, 0.4) is 0 Å². The van der Waals surface area contributed by atoms with Gasteiger partial charge in [-0.15, -0.1) is 20.5 Å². The van der Waals surface area contributed by atoms with Gasteiger partial charge in [-0.25, -0.2) is 0 Å². The molecule has 12 nitrogen and oxygen atoms in total. The summed E-state index contributed by atoms with van der Waals surface area (Å²) in [5, 5.41) is 19.1. The number of azo groups is 2. The lowest BCUT2D eigenvalue weighted by Crippen LogP contribution is -2.03. The predicted octanol–water partition coefficient (Wildman–Crippen LogP) is 9.46. The maximum Gasteiger partial charge on any atom is 0.296 e. The molecule has 242 valence electrons. The average Bonchev–Trinajstić information content (AvgIpc) is 3.04. The first-order valence-electron chi connectivity index (χ1n) is 13.7. The highest BCUT2D eigenvalue weighted by atomic mass is 35.5. The van der Waals surface area contributed by atoms with Crippen molar-refractivity contribution < 1.29 is 25.9 Å². The monoisotopic (exact) mass is 720 g/mol. The van der Waals surface area contributed by atoms with Gasteiger partial charge in [-0.2, -0.15) is 16.8 Å². The lowest BCUT2D eigenvalue weighted by atomic mass is 10.0. The van der Waals surface area contributed by atoms with Crippen molar-refractivity contribution in [2.75, 3.05) is 11.5 Å². The Morgan fingerprint density at radius 1 is 0.479 bits per heavy atom. The molecule has 6 N–H and O–H groups in total. The molecule has 0 unspecified atom stereocenters. The Hall–Kier alpha value is -4.96. The van der Waals surface area contributed by atoms with E-state index in [1.54, 1.807) is 84.9 Å². The molecular weight excluding hydrogens is 699 g/mol. The number of hydrogen-bond acceptors (Lipinski definition) is 10. The molecule has 0 radical (unpaired) electrons. The van der Waals surface area contributed by atoms with Crippen LogP contribution in [0.1, 0.15) is 0 Å². The summed E-state index contributed by atoms with van der Waals surface area (Å²) in [4.78, 5) is -0.970. The lowest BCUT2D eigenvalue weighted by Gasteiger charge is -2.10. The third-order valence-electron chi connectivity index (χ3n) is 7.37. The maximum absolute atomic E-state index is 11.9. The van der Waals surface area contributed by atoms with Crippen molar-refractivity contribution >= 4 is 99.1 Å². The smallest absolute Gasteiger partial charge is 0.296 e. The minimum absolute atomic E-state index is 0.106. The second kappa shape index (κ2) is 12.6. The molecule has 0 aliphatic heterocycles. The Morgan fingerprint density at radius 3 is 1.15 bits per heavy atom. The van der Waals surface area contributed by atoms with Crippen LogP contribution in [-0.4, -0.2) is 25.9 Å². The zero-order valence-corrected chi connectivity index (χ0v) is 27.4. The van der Waals surface area contributed by atoms with Gasteiger partial charge in [-0.3, -0.25) is 9.11 Å². The van der Waals surface area contributed by atoms with Gasteiger partial charge in [0.05, 0.1) is 32.8 Å². The number of nitrogens with two attached hydrogens (primary N) is 2. The summed E-state index contributed by atoms with van der Waals surface area (Å²) in [6.07, 6.45) is 0. The Morgan fingerprint density at radius 2 is 0.812 bits per heavy atom. The van der Waals surface area contributed by atoms with Crippen molar-refractivity contribution in [1.29, 1.82) is 0 Å². The third kappa shape index (κ3) is 6.44. The van der Waals surface area contributed by atoms with E-state index < -0.39 is 30.0 Å². The zero-order chi connectivity index (χ0) is 34.4. The number of anilines is 2. The quantitative estimate of drug-likeness (QED) is 0.0706. The molecule has 0 amide bonds. The Bertz CT molecular complexity index is 2400. The van der Waals surface area contributed by atoms with Gasteiger partial charge < -0.3 is 11.5 Å².